The van der Waals surface area contributed by atoms with Gasteiger partial charge in [0.2, 0.25) is 0 Å². The van der Waals surface area contributed by atoms with Crippen molar-refractivity contribution in [3.05, 3.63) is 72.0 Å². The first kappa shape index (κ1) is 23.1. The van der Waals surface area contributed by atoms with Crippen LogP contribution in [-0.4, -0.2) is 15.7 Å². The van der Waals surface area contributed by atoms with Crippen LogP contribution in [0.3, 0.4) is 0 Å². The normalized spacial score (nSPS) is 12.7. The topological polar surface area (TPSA) is 41.0 Å². The van der Waals surface area contributed by atoms with Gasteiger partial charge in [0, 0.05) is 31.8 Å². The Bertz CT molecular complexity index is 1760. The predicted molar refractivity (Wildman–Crippen MR) is 159 cm³/mol. The van der Waals surface area contributed by atoms with Crippen molar-refractivity contribution in [2.75, 3.05) is 0 Å². The summed E-state index contributed by atoms with van der Waals surface area (Å²) in [7, 11) is 0. The van der Waals surface area contributed by atoms with Gasteiger partial charge in [-0.1, -0.05) is 52.0 Å². The van der Waals surface area contributed by atoms with Gasteiger partial charge in [0.1, 0.15) is 5.82 Å². The van der Waals surface area contributed by atoms with Crippen molar-refractivity contribution in [2.24, 2.45) is 10.9 Å². The number of imidazole rings is 1. The molecule has 36 heavy (non-hydrogen) atoms. The molecular formula is C31H29N3S2. The number of thiophene rings is 2. The zero-order chi connectivity index (χ0) is 25.0. The second-order valence-corrected chi connectivity index (χ2v) is 12.1. The number of rotatable bonds is 5. The largest absolute Gasteiger partial charge is 0.341 e. The van der Waals surface area contributed by atoms with E-state index >= 15 is 0 Å². The van der Waals surface area contributed by atoms with E-state index in [0.717, 1.165) is 22.9 Å². The van der Waals surface area contributed by atoms with Gasteiger partial charge < -0.3 is 4.98 Å². The lowest BCUT2D eigenvalue weighted by atomic mass is 9.99. The van der Waals surface area contributed by atoms with Gasteiger partial charge in [-0.2, -0.15) is 0 Å². The van der Waals surface area contributed by atoms with Crippen LogP contribution in [0.25, 0.3) is 52.6 Å². The summed E-state index contributed by atoms with van der Waals surface area (Å²) in [5.41, 5.74) is 5.82. The second-order valence-electron chi connectivity index (χ2n) is 10.1. The van der Waals surface area contributed by atoms with Crippen molar-refractivity contribution in [1.29, 1.82) is 0 Å². The fraction of sp³-hybridized carbons (Fsp3) is 0.226. The highest BCUT2D eigenvalue weighted by atomic mass is 32.1. The standard InChI is InChI=1S/C31H29N3S2/c1-17(2)19(5)33-26-13-22-8-6-20(12-25(22)30-24(26)10-11-35-30)21-7-9-23-15-29(36-28(23)14-21)27-16-32-31(34-27)18(3)4/h6-18H,1-5H3,(H,32,34). The van der Waals surface area contributed by atoms with Crippen LogP contribution < -0.4 is 0 Å². The van der Waals surface area contributed by atoms with E-state index in [1.165, 1.54) is 46.9 Å². The molecule has 0 unspecified atom stereocenters. The highest BCUT2D eigenvalue weighted by molar-refractivity contribution is 7.22. The maximum atomic E-state index is 4.98. The average molecular weight is 508 g/mol. The first-order chi connectivity index (χ1) is 17.4. The summed E-state index contributed by atoms with van der Waals surface area (Å²) < 4.78 is 2.60. The Morgan fingerprint density at radius 1 is 0.889 bits per heavy atom. The Morgan fingerprint density at radius 2 is 1.67 bits per heavy atom. The molecular weight excluding hydrogens is 478 g/mol. The van der Waals surface area contributed by atoms with Crippen molar-refractivity contribution >= 4 is 65.0 Å². The summed E-state index contributed by atoms with van der Waals surface area (Å²) >= 11 is 3.62. The van der Waals surface area contributed by atoms with Gasteiger partial charge in [0.15, 0.2) is 0 Å². The molecule has 0 aliphatic carbocycles. The lowest BCUT2D eigenvalue weighted by Crippen LogP contribution is -2.00. The number of nitrogens with zero attached hydrogens (tertiary/aromatic N) is 2. The number of aromatic nitrogens is 2. The first-order valence-corrected chi connectivity index (χ1v) is 14.2. The smallest absolute Gasteiger partial charge is 0.109 e. The molecule has 6 aromatic rings. The molecule has 3 aromatic heterocycles. The van der Waals surface area contributed by atoms with Crippen LogP contribution in [0, 0.1) is 5.92 Å². The van der Waals surface area contributed by atoms with Crippen LogP contribution in [0.5, 0.6) is 0 Å². The monoisotopic (exact) mass is 507 g/mol. The molecule has 6 rings (SSSR count). The fourth-order valence-corrected chi connectivity index (χ4v) is 6.52. The van der Waals surface area contributed by atoms with Crippen molar-refractivity contribution in [3.63, 3.8) is 0 Å². The maximum absolute atomic E-state index is 4.98. The van der Waals surface area contributed by atoms with Gasteiger partial charge in [0.25, 0.3) is 0 Å². The summed E-state index contributed by atoms with van der Waals surface area (Å²) in [4.78, 5) is 14.2. The van der Waals surface area contributed by atoms with Crippen molar-refractivity contribution in [3.8, 4) is 21.7 Å². The van der Waals surface area contributed by atoms with E-state index in [0.29, 0.717) is 11.8 Å². The summed E-state index contributed by atoms with van der Waals surface area (Å²) in [6.07, 6.45) is 1.96. The Hall–Kier alpha value is -3.28. The van der Waals surface area contributed by atoms with Gasteiger partial charge in [-0.05, 0) is 70.5 Å². The Kier molecular flexibility index (Phi) is 5.78. The molecule has 0 radical (unpaired) electrons. The number of aliphatic imine (C=N–C) groups is 1. The van der Waals surface area contributed by atoms with Crippen LogP contribution >= 0.6 is 22.7 Å². The van der Waals surface area contributed by atoms with Crippen LogP contribution in [0.4, 0.5) is 5.69 Å². The highest BCUT2D eigenvalue weighted by Gasteiger charge is 2.13. The van der Waals surface area contributed by atoms with E-state index in [-0.39, 0.29) is 0 Å². The predicted octanol–water partition coefficient (Wildman–Crippen LogP) is 10.2. The van der Waals surface area contributed by atoms with Gasteiger partial charge in [-0.3, -0.25) is 4.99 Å². The maximum Gasteiger partial charge on any atom is 0.109 e. The molecule has 1 N–H and O–H groups in total. The van der Waals surface area contributed by atoms with Crippen molar-refractivity contribution in [1.82, 2.24) is 9.97 Å². The number of benzene rings is 3. The molecule has 5 heteroatoms. The third-order valence-electron chi connectivity index (χ3n) is 6.92. The number of aromatic amines is 1. The van der Waals surface area contributed by atoms with Crippen LogP contribution in [-0.2, 0) is 0 Å². The highest BCUT2D eigenvalue weighted by Crippen LogP contribution is 2.40. The molecule has 0 amide bonds. The summed E-state index contributed by atoms with van der Waals surface area (Å²) in [6.45, 7) is 10.8. The van der Waals surface area contributed by atoms with E-state index in [1.807, 2.05) is 17.5 Å². The molecule has 0 atom stereocenters. The average Bonchev–Trinajstić information content (AvgIpc) is 3.62. The zero-order valence-corrected chi connectivity index (χ0v) is 22.8. The van der Waals surface area contributed by atoms with Crippen LogP contribution in [0.1, 0.15) is 46.4 Å². The molecule has 0 fully saturated rings. The minimum atomic E-state index is 0.393. The molecule has 3 aromatic carbocycles. The van der Waals surface area contributed by atoms with Gasteiger partial charge >= 0.3 is 0 Å². The van der Waals surface area contributed by atoms with Crippen LogP contribution in [0.2, 0.25) is 0 Å². The summed E-state index contributed by atoms with van der Waals surface area (Å²) in [5, 5.41) is 7.22. The van der Waals surface area contributed by atoms with E-state index in [4.69, 9.17) is 4.99 Å². The second kappa shape index (κ2) is 8.99. The van der Waals surface area contributed by atoms with Crippen LogP contribution in [0.15, 0.2) is 71.2 Å². The number of fused-ring (bicyclic) bond motifs is 4. The number of hydrogen-bond acceptors (Lipinski definition) is 4. The minimum Gasteiger partial charge on any atom is -0.341 e. The van der Waals surface area contributed by atoms with Gasteiger partial charge in [-0.15, -0.1) is 22.7 Å². The molecule has 0 saturated heterocycles. The van der Waals surface area contributed by atoms with Crippen molar-refractivity contribution < 1.29 is 0 Å². The van der Waals surface area contributed by atoms with E-state index < -0.39 is 0 Å². The number of nitrogens with one attached hydrogen (secondary N) is 1. The molecule has 0 aliphatic heterocycles. The van der Waals surface area contributed by atoms with Crippen molar-refractivity contribution in [2.45, 2.75) is 40.5 Å². The fourth-order valence-electron chi connectivity index (χ4n) is 4.51. The molecule has 0 aliphatic rings. The Labute approximate surface area is 219 Å². The quantitative estimate of drug-likeness (QED) is 0.232. The SMILES string of the molecule is CC(=Nc1cc2ccc(-c3ccc4cc(-c5cnc(C(C)C)[nH]5)sc4c3)cc2c2sccc12)C(C)C. The number of H-pyrrole nitrogens is 1. The lowest BCUT2D eigenvalue weighted by molar-refractivity contribution is 0.795. The number of hydrogen-bond donors (Lipinski definition) is 1. The molecule has 3 heterocycles. The molecule has 180 valence electrons. The molecule has 0 spiro atoms. The Balaban J connectivity index is 1.42. The van der Waals surface area contributed by atoms with E-state index in [9.17, 15) is 0 Å². The van der Waals surface area contributed by atoms with E-state index in [1.54, 1.807) is 11.3 Å². The van der Waals surface area contributed by atoms with Gasteiger partial charge in [0.05, 0.1) is 22.5 Å². The summed E-state index contributed by atoms with van der Waals surface area (Å²) in [6, 6.07) is 20.3. The molecule has 0 saturated carbocycles. The molecule has 0 bridgehead atoms. The van der Waals surface area contributed by atoms with Gasteiger partial charge in [-0.25, -0.2) is 4.98 Å². The molecule has 3 nitrogen and oxygen atoms in total. The zero-order valence-electron chi connectivity index (χ0n) is 21.2. The first-order valence-electron chi connectivity index (χ1n) is 12.5. The summed E-state index contributed by atoms with van der Waals surface area (Å²) in [5.74, 6) is 1.87. The Morgan fingerprint density at radius 3 is 2.42 bits per heavy atom. The minimum absolute atomic E-state index is 0.393. The van der Waals surface area contributed by atoms with E-state index in [2.05, 4.69) is 105 Å². The third-order valence-corrected chi connectivity index (χ3v) is 9.00. The lowest BCUT2D eigenvalue weighted by Gasteiger charge is -2.09. The third kappa shape index (κ3) is 4.06.